The summed E-state index contributed by atoms with van der Waals surface area (Å²) in [5, 5.41) is 13.8. The number of benzene rings is 1. The minimum absolute atomic E-state index is 0.0890. The summed E-state index contributed by atoms with van der Waals surface area (Å²) in [6.45, 7) is 2.81. The quantitative estimate of drug-likeness (QED) is 0.369. The highest BCUT2D eigenvalue weighted by molar-refractivity contribution is 7.09. The van der Waals surface area contributed by atoms with Crippen molar-refractivity contribution in [2.75, 3.05) is 26.2 Å². The van der Waals surface area contributed by atoms with Gasteiger partial charge < -0.3 is 20.6 Å². The molecule has 0 radical (unpaired) electrons. The van der Waals surface area contributed by atoms with Crippen molar-refractivity contribution < 1.29 is 37.5 Å². The molecule has 1 aromatic heterocycles. The Morgan fingerprint density at radius 2 is 1.82 bits per heavy atom. The minimum atomic E-state index is -5.08. The first-order valence-electron chi connectivity index (χ1n) is 12.6. The lowest BCUT2D eigenvalue weighted by atomic mass is 9.92. The molecule has 4 rings (SSSR count). The first-order valence-corrected chi connectivity index (χ1v) is 13.3. The topological polar surface area (TPSA) is 129 Å². The first-order chi connectivity index (χ1) is 18.1. The number of halogens is 3. The summed E-state index contributed by atoms with van der Waals surface area (Å²) in [6.07, 6.45) is 1.31. The van der Waals surface area contributed by atoms with Crippen molar-refractivity contribution in [1.29, 1.82) is 0 Å². The summed E-state index contributed by atoms with van der Waals surface area (Å²) < 4.78 is 36.1. The van der Waals surface area contributed by atoms with Crippen LogP contribution >= 0.6 is 11.5 Å². The minimum Gasteiger partial charge on any atom is -0.475 e. The Hall–Kier alpha value is -3.22. The Morgan fingerprint density at radius 1 is 1.13 bits per heavy atom. The van der Waals surface area contributed by atoms with E-state index in [9.17, 15) is 27.6 Å². The molecule has 13 heteroatoms. The van der Waals surface area contributed by atoms with E-state index in [-0.39, 0.29) is 17.7 Å². The molecule has 0 bridgehead atoms. The molecule has 3 N–H and O–H groups in total. The lowest BCUT2D eigenvalue weighted by Crippen LogP contribution is -2.40. The number of aromatic nitrogens is 1. The van der Waals surface area contributed by atoms with Crippen LogP contribution in [-0.4, -0.2) is 70.4 Å². The normalized spacial score (nSPS) is 18.7. The Labute approximate surface area is 221 Å². The molecule has 9 nitrogen and oxygen atoms in total. The number of hydrogen-bond acceptors (Lipinski definition) is 6. The maximum atomic E-state index is 12.9. The van der Waals surface area contributed by atoms with Gasteiger partial charge in [-0.3, -0.25) is 14.4 Å². The molecule has 0 spiro atoms. The number of nitrogens with zero attached hydrogens (tertiary/aromatic N) is 2. The standard InChI is InChI=1S/C23H30N4O3S.C2HF3O2/c28-21-18(8-3-4-12-24-21)22(29)25-13-5-6-16-10-14-27(15-11-16)23(30)20-17-7-1-2-9-19(17)26-31-20;3-2(4,5)1(6)7/h1-2,7,9,16,18H,3-6,8,10-15H2,(H,24,28)(H,25,29);(H,6,7). The number of carbonyl (C=O) groups excluding carboxylic acids is 3. The van der Waals surface area contributed by atoms with Crippen LogP contribution in [0.5, 0.6) is 0 Å². The first kappa shape index (κ1) is 29.3. The van der Waals surface area contributed by atoms with Crippen molar-refractivity contribution in [2.24, 2.45) is 11.8 Å². The molecule has 38 heavy (non-hydrogen) atoms. The highest BCUT2D eigenvalue weighted by Crippen LogP contribution is 2.27. The van der Waals surface area contributed by atoms with Crippen LogP contribution in [0.3, 0.4) is 0 Å². The van der Waals surface area contributed by atoms with Crippen LogP contribution in [0.15, 0.2) is 24.3 Å². The summed E-state index contributed by atoms with van der Waals surface area (Å²) >= 11 is 1.29. The number of aliphatic carboxylic acids is 1. The van der Waals surface area contributed by atoms with Crippen molar-refractivity contribution in [1.82, 2.24) is 19.9 Å². The van der Waals surface area contributed by atoms with Crippen LogP contribution in [0.4, 0.5) is 13.2 Å². The number of alkyl halides is 3. The van der Waals surface area contributed by atoms with Crippen molar-refractivity contribution in [2.45, 2.75) is 51.1 Å². The summed E-state index contributed by atoms with van der Waals surface area (Å²) in [4.78, 5) is 48.8. The fraction of sp³-hybridized carbons (Fsp3) is 0.560. The fourth-order valence-corrected chi connectivity index (χ4v) is 5.35. The van der Waals surface area contributed by atoms with Gasteiger partial charge in [-0.1, -0.05) is 24.6 Å². The molecule has 2 fully saturated rings. The third kappa shape index (κ3) is 8.14. The van der Waals surface area contributed by atoms with E-state index in [1.165, 1.54) is 11.5 Å². The molecule has 1 aromatic carbocycles. The number of fused-ring (bicyclic) bond motifs is 1. The average molecular weight is 557 g/mol. The van der Waals surface area contributed by atoms with Gasteiger partial charge in [0.25, 0.3) is 5.91 Å². The van der Waals surface area contributed by atoms with Gasteiger partial charge in [-0.2, -0.15) is 17.5 Å². The smallest absolute Gasteiger partial charge is 0.475 e. The zero-order chi connectivity index (χ0) is 27.7. The van der Waals surface area contributed by atoms with Crippen molar-refractivity contribution in [3.63, 3.8) is 0 Å². The number of piperidine rings is 1. The Kier molecular flexibility index (Phi) is 10.5. The predicted molar refractivity (Wildman–Crippen MR) is 135 cm³/mol. The van der Waals surface area contributed by atoms with Gasteiger partial charge in [0.05, 0.1) is 5.52 Å². The molecular formula is C25H31F3N4O5S. The Morgan fingerprint density at radius 3 is 2.50 bits per heavy atom. The lowest BCUT2D eigenvalue weighted by molar-refractivity contribution is -0.192. The van der Waals surface area contributed by atoms with E-state index in [1.807, 2.05) is 29.2 Å². The lowest BCUT2D eigenvalue weighted by Gasteiger charge is -2.31. The largest absolute Gasteiger partial charge is 0.490 e. The van der Waals surface area contributed by atoms with Gasteiger partial charge in [0.15, 0.2) is 0 Å². The molecule has 2 aliphatic rings. The maximum absolute atomic E-state index is 12.9. The van der Waals surface area contributed by atoms with E-state index in [1.54, 1.807) is 0 Å². The number of likely N-dealkylation sites (tertiary alicyclic amines) is 1. The Balaban J connectivity index is 0.000000505. The van der Waals surface area contributed by atoms with Gasteiger partial charge in [0, 0.05) is 31.6 Å². The van der Waals surface area contributed by atoms with Gasteiger partial charge in [-0.25, -0.2) is 4.79 Å². The summed E-state index contributed by atoms with van der Waals surface area (Å²) in [6, 6.07) is 7.79. The van der Waals surface area contributed by atoms with E-state index < -0.39 is 18.1 Å². The number of rotatable bonds is 6. The molecule has 0 aliphatic carbocycles. The van der Waals surface area contributed by atoms with Crippen LogP contribution in [0.25, 0.3) is 10.9 Å². The second-order valence-electron chi connectivity index (χ2n) is 9.34. The SMILES string of the molecule is O=C(O)C(F)(F)F.O=C1NCCCCC1C(=O)NCCCC1CCN(C(=O)c2snc3ccccc23)CC1. The van der Waals surface area contributed by atoms with Crippen LogP contribution < -0.4 is 10.6 Å². The van der Waals surface area contributed by atoms with E-state index in [0.717, 1.165) is 67.4 Å². The van der Waals surface area contributed by atoms with E-state index >= 15 is 0 Å². The number of carboxylic acids is 1. The summed E-state index contributed by atoms with van der Waals surface area (Å²) in [5.41, 5.74) is 0.883. The molecule has 2 saturated heterocycles. The van der Waals surface area contributed by atoms with E-state index in [4.69, 9.17) is 9.90 Å². The molecule has 0 saturated carbocycles. The van der Waals surface area contributed by atoms with E-state index in [2.05, 4.69) is 15.0 Å². The molecule has 1 atom stereocenters. The van der Waals surface area contributed by atoms with Crippen LogP contribution in [0.1, 0.15) is 54.6 Å². The molecule has 208 valence electrons. The zero-order valence-corrected chi connectivity index (χ0v) is 21.6. The van der Waals surface area contributed by atoms with Gasteiger partial charge >= 0.3 is 12.1 Å². The maximum Gasteiger partial charge on any atom is 0.490 e. The fourth-order valence-electron chi connectivity index (χ4n) is 4.53. The molecule has 3 amide bonds. The number of amides is 3. The summed E-state index contributed by atoms with van der Waals surface area (Å²) in [5.74, 6) is -2.92. The third-order valence-corrected chi connectivity index (χ3v) is 7.53. The van der Waals surface area contributed by atoms with Crippen LogP contribution in [0.2, 0.25) is 0 Å². The average Bonchev–Trinajstić information content (AvgIpc) is 3.20. The van der Waals surface area contributed by atoms with Gasteiger partial charge in [-0.15, -0.1) is 0 Å². The van der Waals surface area contributed by atoms with Gasteiger partial charge in [0.2, 0.25) is 11.8 Å². The van der Waals surface area contributed by atoms with Crippen LogP contribution in [-0.2, 0) is 14.4 Å². The Bertz CT molecular complexity index is 1130. The number of nitrogens with one attached hydrogen (secondary N) is 2. The molecule has 2 aliphatic heterocycles. The van der Waals surface area contributed by atoms with Crippen molar-refractivity contribution in [3.05, 3.63) is 29.1 Å². The molecular weight excluding hydrogens is 525 g/mol. The predicted octanol–water partition coefficient (Wildman–Crippen LogP) is 3.59. The van der Waals surface area contributed by atoms with E-state index in [0.29, 0.717) is 25.4 Å². The van der Waals surface area contributed by atoms with Crippen LogP contribution in [0, 0.1) is 11.8 Å². The monoisotopic (exact) mass is 556 g/mol. The molecule has 3 heterocycles. The highest BCUT2D eigenvalue weighted by atomic mass is 32.1. The second-order valence-corrected chi connectivity index (χ2v) is 10.1. The van der Waals surface area contributed by atoms with Gasteiger partial charge in [-0.05, 0) is 62.0 Å². The van der Waals surface area contributed by atoms with Crippen molar-refractivity contribution in [3.8, 4) is 0 Å². The van der Waals surface area contributed by atoms with Crippen molar-refractivity contribution >= 4 is 46.1 Å². The van der Waals surface area contributed by atoms with Gasteiger partial charge in [0.1, 0.15) is 10.8 Å². The number of carbonyl (C=O) groups is 4. The second kappa shape index (κ2) is 13.5. The number of hydrogen-bond donors (Lipinski definition) is 3. The summed E-state index contributed by atoms with van der Waals surface area (Å²) in [7, 11) is 0. The number of carboxylic acid groups (broad SMARTS) is 1. The third-order valence-electron chi connectivity index (χ3n) is 6.66. The zero-order valence-electron chi connectivity index (χ0n) is 20.8. The molecule has 2 aromatic rings. The highest BCUT2D eigenvalue weighted by Gasteiger charge is 2.38. The molecule has 1 unspecified atom stereocenters.